The van der Waals surface area contributed by atoms with Gasteiger partial charge in [-0.15, -0.1) is 0 Å². The molecule has 1 amide bonds. The predicted molar refractivity (Wildman–Crippen MR) is 103 cm³/mol. The molecule has 0 atom stereocenters. The number of amides is 1. The number of rotatable bonds is 7. The van der Waals surface area contributed by atoms with Gasteiger partial charge in [-0.2, -0.15) is 0 Å². The van der Waals surface area contributed by atoms with Crippen molar-refractivity contribution < 1.29 is 13.2 Å². The van der Waals surface area contributed by atoms with Gasteiger partial charge in [0.05, 0.1) is 4.90 Å². The Balaban J connectivity index is 1.56. The lowest BCUT2D eigenvalue weighted by molar-refractivity contribution is -0.117. The van der Waals surface area contributed by atoms with E-state index < -0.39 is 10.0 Å². The number of anilines is 1. The van der Waals surface area contributed by atoms with Crippen molar-refractivity contribution in [1.82, 2.24) is 9.62 Å². The molecule has 2 aliphatic heterocycles. The third kappa shape index (κ3) is 4.64. The molecule has 2 heterocycles. The average molecular weight is 380 g/mol. The SMILES string of the molecule is Cc1cc(S(=O)(=O)NCCCN2CCCCC2)ccc1N1CCCC1=O. The van der Waals surface area contributed by atoms with Crippen molar-refractivity contribution in [3.63, 3.8) is 0 Å². The number of aryl methyl sites for hydroxylation is 1. The first kappa shape index (κ1) is 19.3. The molecule has 1 N–H and O–H groups in total. The first-order chi connectivity index (χ1) is 12.5. The Hall–Kier alpha value is -1.44. The van der Waals surface area contributed by atoms with Crippen molar-refractivity contribution in [3.05, 3.63) is 23.8 Å². The van der Waals surface area contributed by atoms with Crippen LogP contribution >= 0.6 is 0 Å². The van der Waals surface area contributed by atoms with Gasteiger partial charge in [0.25, 0.3) is 0 Å². The number of hydrogen-bond donors (Lipinski definition) is 1. The van der Waals surface area contributed by atoms with Gasteiger partial charge in [0, 0.05) is 25.2 Å². The van der Waals surface area contributed by atoms with E-state index >= 15 is 0 Å². The van der Waals surface area contributed by atoms with Crippen LogP contribution in [0.15, 0.2) is 23.1 Å². The zero-order chi connectivity index (χ0) is 18.6. The van der Waals surface area contributed by atoms with Crippen LogP contribution in [0.25, 0.3) is 0 Å². The number of nitrogens with one attached hydrogen (secondary N) is 1. The highest BCUT2D eigenvalue weighted by atomic mass is 32.2. The molecule has 2 fully saturated rings. The van der Waals surface area contributed by atoms with E-state index in [4.69, 9.17) is 0 Å². The topological polar surface area (TPSA) is 69.7 Å². The molecule has 0 radical (unpaired) electrons. The monoisotopic (exact) mass is 379 g/mol. The molecular weight excluding hydrogens is 350 g/mol. The summed E-state index contributed by atoms with van der Waals surface area (Å²) >= 11 is 0. The molecule has 0 spiro atoms. The van der Waals surface area contributed by atoms with Gasteiger partial charge in [-0.3, -0.25) is 4.79 Å². The van der Waals surface area contributed by atoms with Gasteiger partial charge in [0.15, 0.2) is 0 Å². The number of benzene rings is 1. The minimum absolute atomic E-state index is 0.111. The highest BCUT2D eigenvalue weighted by Crippen LogP contribution is 2.27. The minimum atomic E-state index is -3.51. The second kappa shape index (κ2) is 8.50. The molecule has 26 heavy (non-hydrogen) atoms. The second-order valence-corrected chi connectivity index (χ2v) is 9.02. The van der Waals surface area contributed by atoms with Gasteiger partial charge in [-0.05, 0) is 76.0 Å². The summed E-state index contributed by atoms with van der Waals surface area (Å²) in [4.78, 5) is 16.3. The molecule has 7 heteroatoms. The van der Waals surface area contributed by atoms with Crippen LogP contribution in [0.4, 0.5) is 5.69 Å². The summed E-state index contributed by atoms with van der Waals surface area (Å²) in [6.45, 7) is 6.21. The summed E-state index contributed by atoms with van der Waals surface area (Å²) in [5.41, 5.74) is 1.63. The third-order valence-corrected chi connectivity index (χ3v) is 6.69. The molecule has 3 rings (SSSR count). The Morgan fingerprint density at radius 3 is 2.50 bits per heavy atom. The number of carbonyl (C=O) groups is 1. The standard InChI is InChI=1S/C19H29N3O3S/c1-16-15-17(8-9-18(16)22-14-5-7-19(22)23)26(24,25)20-10-6-13-21-11-3-2-4-12-21/h8-9,15,20H,2-7,10-14H2,1H3. The van der Waals surface area contributed by atoms with Crippen LogP contribution in [0.2, 0.25) is 0 Å². The van der Waals surface area contributed by atoms with E-state index in [0.717, 1.165) is 43.7 Å². The summed E-state index contributed by atoms with van der Waals surface area (Å²) in [6, 6.07) is 5.01. The second-order valence-electron chi connectivity index (χ2n) is 7.25. The molecule has 0 aliphatic carbocycles. The minimum Gasteiger partial charge on any atom is -0.312 e. The number of carbonyl (C=O) groups excluding carboxylic acids is 1. The van der Waals surface area contributed by atoms with Gasteiger partial charge < -0.3 is 9.80 Å². The fourth-order valence-electron chi connectivity index (χ4n) is 3.78. The Bertz CT molecular complexity index is 742. The quantitative estimate of drug-likeness (QED) is 0.738. The lowest BCUT2D eigenvalue weighted by Crippen LogP contribution is -2.33. The van der Waals surface area contributed by atoms with Gasteiger partial charge in [-0.1, -0.05) is 6.42 Å². The highest BCUT2D eigenvalue weighted by molar-refractivity contribution is 7.89. The summed E-state index contributed by atoms with van der Waals surface area (Å²) in [6.07, 6.45) is 6.04. The number of hydrogen-bond acceptors (Lipinski definition) is 4. The maximum absolute atomic E-state index is 12.5. The molecule has 6 nitrogen and oxygen atoms in total. The van der Waals surface area contributed by atoms with E-state index in [9.17, 15) is 13.2 Å². The van der Waals surface area contributed by atoms with Crippen LogP contribution in [0.5, 0.6) is 0 Å². The molecule has 2 aliphatic rings. The van der Waals surface area contributed by atoms with Crippen molar-refractivity contribution in [2.45, 2.75) is 50.3 Å². The van der Waals surface area contributed by atoms with Crippen LogP contribution in [-0.2, 0) is 14.8 Å². The number of nitrogens with zero attached hydrogens (tertiary/aromatic N) is 2. The fourth-order valence-corrected chi connectivity index (χ4v) is 4.94. The fraction of sp³-hybridized carbons (Fsp3) is 0.632. The summed E-state index contributed by atoms with van der Waals surface area (Å²) in [5.74, 6) is 0.111. The van der Waals surface area contributed by atoms with E-state index in [1.165, 1.54) is 19.3 Å². The van der Waals surface area contributed by atoms with E-state index in [1.54, 1.807) is 23.1 Å². The van der Waals surface area contributed by atoms with Crippen molar-refractivity contribution >= 4 is 21.6 Å². The van der Waals surface area contributed by atoms with Crippen LogP contribution < -0.4 is 9.62 Å². The predicted octanol–water partition coefficient (Wildman–Crippen LogP) is 2.28. The largest absolute Gasteiger partial charge is 0.312 e. The van der Waals surface area contributed by atoms with E-state index in [-0.39, 0.29) is 10.8 Å². The molecule has 0 bridgehead atoms. The number of piperidine rings is 1. The van der Waals surface area contributed by atoms with Gasteiger partial charge >= 0.3 is 0 Å². The van der Waals surface area contributed by atoms with Crippen LogP contribution in [-0.4, -0.2) is 51.9 Å². The molecule has 0 saturated carbocycles. The lowest BCUT2D eigenvalue weighted by Gasteiger charge is -2.26. The lowest BCUT2D eigenvalue weighted by atomic mass is 10.1. The normalized spacial score (nSPS) is 19.3. The molecule has 0 aromatic heterocycles. The van der Waals surface area contributed by atoms with Gasteiger partial charge in [0.1, 0.15) is 0 Å². The van der Waals surface area contributed by atoms with Crippen molar-refractivity contribution in [3.8, 4) is 0 Å². The average Bonchev–Trinajstić information content (AvgIpc) is 3.05. The van der Waals surface area contributed by atoms with Crippen molar-refractivity contribution in [2.24, 2.45) is 0 Å². The van der Waals surface area contributed by atoms with Crippen LogP contribution in [0.1, 0.15) is 44.1 Å². The third-order valence-electron chi connectivity index (χ3n) is 5.23. The zero-order valence-electron chi connectivity index (χ0n) is 15.5. The first-order valence-electron chi connectivity index (χ1n) is 9.60. The molecule has 1 aromatic carbocycles. The molecule has 1 aromatic rings. The summed E-state index contributed by atoms with van der Waals surface area (Å²) in [7, 11) is -3.51. The summed E-state index contributed by atoms with van der Waals surface area (Å²) < 4.78 is 27.8. The first-order valence-corrected chi connectivity index (χ1v) is 11.1. The van der Waals surface area contributed by atoms with Crippen molar-refractivity contribution in [2.75, 3.05) is 37.6 Å². The number of likely N-dealkylation sites (tertiary alicyclic amines) is 1. The van der Waals surface area contributed by atoms with E-state index in [0.29, 0.717) is 19.5 Å². The summed E-state index contributed by atoms with van der Waals surface area (Å²) in [5, 5.41) is 0. The molecule has 0 unspecified atom stereocenters. The molecule has 144 valence electrons. The Morgan fingerprint density at radius 1 is 1.08 bits per heavy atom. The van der Waals surface area contributed by atoms with E-state index in [2.05, 4.69) is 9.62 Å². The van der Waals surface area contributed by atoms with Crippen LogP contribution in [0.3, 0.4) is 0 Å². The maximum Gasteiger partial charge on any atom is 0.240 e. The Morgan fingerprint density at radius 2 is 1.85 bits per heavy atom. The smallest absolute Gasteiger partial charge is 0.240 e. The Labute approximate surface area is 156 Å². The van der Waals surface area contributed by atoms with Crippen LogP contribution in [0, 0.1) is 6.92 Å². The van der Waals surface area contributed by atoms with Crippen molar-refractivity contribution in [1.29, 1.82) is 0 Å². The molecular formula is C19H29N3O3S. The maximum atomic E-state index is 12.5. The highest BCUT2D eigenvalue weighted by Gasteiger charge is 2.24. The van der Waals surface area contributed by atoms with E-state index in [1.807, 2.05) is 6.92 Å². The zero-order valence-corrected chi connectivity index (χ0v) is 16.4. The number of sulfonamides is 1. The van der Waals surface area contributed by atoms with Gasteiger partial charge in [-0.25, -0.2) is 13.1 Å². The van der Waals surface area contributed by atoms with Gasteiger partial charge in [0.2, 0.25) is 15.9 Å². The Kier molecular flexibility index (Phi) is 6.32. The molecule has 2 saturated heterocycles.